The molecule has 5 nitrogen and oxygen atoms in total. The van der Waals surface area contributed by atoms with Crippen LogP contribution in [0.5, 0.6) is 0 Å². The zero-order valence-corrected chi connectivity index (χ0v) is 11.6. The molecule has 1 heterocycles. The molecule has 5 heteroatoms. The van der Waals surface area contributed by atoms with Crippen LogP contribution >= 0.6 is 0 Å². The first-order chi connectivity index (χ1) is 8.45. The molecule has 2 unspecified atom stereocenters. The van der Waals surface area contributed by atoms with Crippen LogP contribution in [-0.2, 0) is 9.59 Å². The largest absolute Gasteiger partial charge is 0.353 e. The summed E-state index contributed by atoms with van der Waals surface area (Å²) in [5.74, 6) is 0.735. The molecule has 0 aromatic heterocycles. The molecule has 0 saturated carbocycles. The SMILES string of the molecule is CC(C)CC(CN)CC(=O)N1CCNC(=O)C1C. The van der Waals surface area contributed by atoms with Gasteiger partial charge in [-0.1, -0.05) is 13.8 Å². The summed E-state index contributed by atoms with van der Waals surface area (Å²) < 4.78 is 0. The summed E-state index contributed by atoms with van der Waals surface area (Å²) in [6.45, 7) is 7.70. The molecule has 0 radical (unpaired) electrons. The van der Waals surface area contributed by atoms with Gasteiger partial charge in [-0.3, -0.25) is 9.59 Å². The molecule has 104 valence electrons. The highest BCUT2D eigenvalue weighted by Gasteiger charge is 2.30. The molecule has 3 N–H and O–H groups in total. The second-order valence-electron chi connectivity index (χ2n) is 5.49. The molecule has 1 aliphatic rings. The molecule has 2 atom stereocenters. The van der Waals surface area contributed by atoms with Crippen LogP contribution in [0.4, 0.5) is 0 Å². The van der Waals surface area contributed by atoms with Gasteiger partial charge in [-0.15, -0.1) is 0 Å². The van der Waals surface area contributed by atoms with Gasteiger partial charge in [0.1, 0.15) is 6.04 Å². The molecule has 1 fully saturated rings. The summed E-state index contributed by atoms with van der Waals surface area (Å²) in [7, 11) is 0. The Bertz CT molecular complexity index is 305. The van der Waals surface area contributed by atoms with Crippen molar-refractivity contribution in [1.82, 2.24) is 10.2 Å². The number of nitrogens with zero attached hydrogens (tertiary/aromatic N) is 1. The topological polar surface area (TPSA) is 75.4 Å². The van der Waals surface area contributed by atoms with Crippen molar-refractivity contribution in [3.63, 3.8) is 0 Å². The number of amides is 2. The number of hydrogen-bond donors (Lipinski definition) is 2. The van der Waals surface area contributed by atoms with E-state index in [1.54, 1.807) is 11.8 Å². The number of hydrogen-bond acceptors (Lipinski definition) is 3. The monoisotopic (exact) mass is 255 g/mol. The highest BCUT2D eigenvalue weighted by atomic mass is 16.2. The normalized spacial score (nSPS) is 21.9. The Hall–Kier alpha value is -1.10. The molecule has 0 aromatic carbocycles. The van der Waals surface area contributed by atoms with E-state index in [9.17, 15) is 9.59 Å². The lowest BCUT2D eigenvalue weighted by Gasteiger charge is -2.34. The quantitative estimate of drug-likeness (QED) is 0.744. The first-order valence-corrected chi connectivity index (χ1v) is 6.73. The maximum absolute atomic E-state index is 12.2. The van der Waals surface area contributed by atoms with Crippen molar-refractivity contribution in [3.05, 3.63) is 0 Å². The van der Waals surface area contributed by atoms with Crippen LogP contribution in [-0.4, -0.2) is 42.4 Å². The maximum Gasteiger partial charge on any atom is 0.242 e. The highest BCUT2D eigenvalue weighted by Crippen LogP contribution is 2.17. The molecule has 0 spiro atoms. The summed E-state index contributed by atoms with van der Waals surface area (Å²) in [6, 6.07) is -0.358. The number of carbonyl (C=O) groups is 2. The van der Waals surface area contributed by atoms with Crippen LogP contribution in [0.2, 0.25) is 0 Å². The van der Waals surface area contributed by atoms with E-state index in [2.05, 4.69) is 19.2 Å². The van der Waals surface area contributed by atoms with E-state index in [1.165, 1.54) is 0 Å². The minimum absolute atomic E-state index is 0.0495. The number of nitrogens with two attached hydrogens (primary N) is 1. The van der Waals surface area contributed by atoms with E-state index in [-0.39, 0.29) is 23.8 Å². The molecule has 0 aliphatic carbocycles. The Labute approximate surface area is 109 Å². The fraction of sp³-hybridized carbons (Fsp3) is 0.846. The lowest BCUT2D eigenvalue weighted by molar-refractivity contribution is -0.143. The Kier molecular flexibility index (Phi) is 5.59. The third-order valence-electron chi connectivity index (χ3n) is 3.42. The molecule has 18 heavy (non-hydrogen) atoms. The number of carbonyl (C=O) groups excluding carboxylic acids is 2. The van der Waals surface area contributed by atoms with Crippen LogP contribution in [0.15, 0.2) is 0 Å². The first-order valence-electron chi connectivity index (χ1n) is 6.73. The van der Waals surface area contributed by atoms with Crippen LogP contribution in [0.3, 0.4) is 0 Å². The fourth-order valence-corrected chi connectivity index (χ4v) is 2.42. The lowest BCUT2D eigenvalue weighted by atomic mass is 9.93. The standard InChI is InChI=1S/C13H25N3O2/c1-9(2)6-11(8-14)7-12(17)16-5-4-15-13(18)10(16)3/h9-11H,4-8,14H2,1-3H3,(H,15,18). The van der Waals surface area contributed by atoms with Crippen molar-refractivity contribution in [1.29, 1.82) is 0 Å². The van der Waals surface area contributed by atoms with Crippen molar-refractivity contribution < 1.29 is 9.59 Å². The molecule has 1 rings (SSSR count). The minimum atomic E-state index is -0.358. The zero-order valence-electron chi connectivity index (χ0n) is 11.6. The smallest absolute Gasteiger partial charge is 0.242 e. The highest BCUT2D eigenvalue weighted by molar-refractivity contribution is 5.88. The molecular formula is C13H25N3O2. The minimum Gasteiger partial charge on any atom is -0.353 e. The Morgan fingerprint density at radius 3 is 2.78 bits per heavy atom. The van der Waals surface area contributed by atoms with Crippen molar-refractivity contribution >= 4 is 11.8 Å². The third kappa shape index (κ3) is 3.98. The summed E-state index contributed by atoms with van der Waals surface area (Å²) in [5.41, 5.74) is 5.71. The van der Waals surface area contributed by atoms with Gasteiger partial charge in [0.2, 0.25) is 11.8 Å². The van der Waals surface area contributed by atoms with E-state index >= 15 is 0 Å². The number of piperazine rings is 1. The molecule has 1 aliphatic heterocycles. The fourth-order valence-electron chi connectivity index (χ4n) is 2.42. The van der Waals surface area contributed by atoms with Crippen molar-refractivity contribution in [2.45, 2.75) is 39.7 Å². The van der Waals surface area contributed by atoms with Gasteiger partial charge >= 0.3 is 0 Å². The molecule has 0 bridgehead atoms. The number of rotatable bonds is 5. The van der Waals surface area contributed by atoms with Crippen LogP contribution < -0.4 is 11.1 Å². The predicted molar refractivity (Wildman–Crippen MR) is 70.8 cm³/mol. The molecule has 0 aromatic rings. The Morgan fingerprint density at radius 2 is 2.22 bits per heavy atom. The van der Waals surface area contributed by atoms with E-state index in [0.29, 0.717) is 32.0 Å². The summed E-state index contributed by atoms with van der Waals surface area (Å²) in [6.07, 6.45) is 1.41. The average molecular weight is 255 g/mol. The lowest BCUT2D eigenvalue weighted by Crippen LogP contribution is -2.56. The van der Waals surface area contributed by atoms with Gasteiger partial charge in [0.15, 0.2) is 0 Å². The Morgan fingerprint density at radius 1 is 1.56 bits per heavy atom. The van der Waals surface area contributed by atoms with Gasteiger partial charge in [0.05, 0.1) is 0 Å². The van der Waals surface area contributed by atoms with Gasteiger partial charge in [-0.05, 0) is 31.7 Å². The van der Waals surface area contributed by atoms with Gasteiger partial charge in [-0.2, -0.15) is 0 Å². The van der Waals surface area contributed by atoms with E-state index in [1.807, 2.05) is 0 Å². The third-order valence-corrected chi connectivity index (χ3v) is 3.42. The predicted octanol–water partition coefficient (Wildman–Crippen LogP) is 0.344. The van der Waals surface area contributed by atoms with Crippen LogP contribution in [0.25, 0.3) is 0 Å². The maximum atomic E-state index is 12.2. The average Bonchev–Trinajstić information content (AvgIpc) is 2.31. The first kappa shape index (κ1) is 15.0. The van der Waals surface area contributed by atoms with Crippen molar-refractivity contribution in [3.8, 4) is 0 Å². The van der Waals surface area contributed by atoms with Gasteiger partial charge in [0.25, 0.3) is 0 Å². The van der Waals surface area contributed by atoms with Gasteiger partial charge in [-0.25, -0.2) is 0 Å². The van der Waals surface area contributed by atoms with Crippen molar-refractivity contribution in [2.75, 3.05) is 19.6 Å². The van der Waals surface area contributed by atoms with E-state index in [0.717, 1.165) is 6.42 Å². The zero-order chi connectivity index (χ0) is 13.7. The van der Waals surface area contributed by atoms with E-state index < -0.39 is 0 Å². The molecule has 1 saturated heterocycles. The second kappa shape index (κ2) is 6.73. The number of nitrogens with one attached hydrogen (secondary N) is 1. The Balaban J connectivity index is 2.55. The van der Waals surface area contributed by atoms with E-state index in [4.69, 9.17) is 5.73 Å². The van der Waals surface area contributed by atoms with Gasteiger partial charge in [0, 0.05) is 19.5 Å². The van der Waals surface area contributed by atoms with Crippen molar-refractivity contribution in [2.24, 2.45) is 17.6 Å². The second-order valence-corrected chi connectivity index (χ2v) is 5.49. The summed E-state index contributed by atoms with van der Waals surface area (Å²) >= 11 is 0. The molecular weight excluding hydrogens is 230 g/mol. The molecule has 2 amide bonds. The summed E-state index contributed by atoms with van der Waals surface area (Å²) in [4.78, 5) is 25.4. The van der Waals surface area contributed by atoms with Gasteiger partial charge < -0.3 is 16.0 Å². The van der Waals surface area contributed by atoms with Crippen LogP contribution in [0, 0.1) is 11.8 Å². The van der Waals surface area contributed by atoms with Crippen LogP contribution in [0.1, 0.15) is 33.6 Å². The summed E-state index contributed by atoms with van der Waals surface area (Å²) in [5, 5.41) is 2.76.